The molecule has 3 N–H and O–H groups in total. The molecule has 0 saturated heterocycles. The second kappa shape index (κ2) is 8.09. The van der Waals surface area contributed by atoms with E-state index in [1.54, 1.807) is 17.5 Å². The topological polar surface area (TPSA) is 94.5 Å². The molecular formula is C25H25N5O2. The molecule has 4 aromatic rings. The highest BCUT2D eigenvalue weighted by molar-refractivity contribution is 5.85. The number of amides is 1. The summed E-state index contributed by atoms with van der Waals surface area (Å²) >= 11 is 0. The van der Waals surface area contributed by atoms with Gasteiger partial charge in [-0.3, -0.25) is 5.32 Å². The molecule has 1 saturated carbocycles. The summed E-state index contributed by atoms with van der Waals surface area (Å²) in [5.41, 5.74) is 11.9. The zero-order valence-electron chi connectivity index (χ0n) is 17.9. The first-order valence-corrected chi connectivity index (χ1v) is 10.9. The number of ether oxygens (including phenoxy) is 1. The van der Waals surface area contributed by atoms with E-state index in [0.717, 1.165) is 35.2 Å². The average molecular weight is 428 g/mol. The highest BCUT2D eigenvalue weighted by atomic mass is 16.5. The Morgan fingerprint density at radius 2 is 1.88 bits per heavy atom. The molecule has 0 unspecified atom stereocenters. The van der Waals surface area contributed by atoms with Gasteiger partial charge < -0.3 is 10.5 Å². The molecule has 162 valence electrons. The molecule has 5 rings (SSSR count). The van der Waals surface area contributed by atoms with Crippen molar-refractivity contribution in [2.45, 2.75) is 31.7 Å². The van der Waals surface area contributed by atoms with Gasteiger partial charge in [0.15, 0.2) is 11.5 Å². The smallest absolute Gasteiger partial charge is 0.412 e. The molecule has 2 aromatic carbocycles. The number of nitrogens with two attached hydrogens (primary N) is 1. The number of nitrogens with one attached hydrogen (secondary N) is 1. The highest BCUT2D eigenvalue weighted by Crippen LogP contribution is 2.39. The number of anilines is 1. The Labute approximate surface area is 186 Å². The van der Waals surface area contributed by atoms with E-state index in [2.05, 4.69) is 34.7 Å². The van der Waals surface area contributed by atoms with E-state index in [1.807, 2.05) is 36.5 Å². The van der Waals surface area contributed by atoms with Crippen LogP contribution < -0.4 is 11.1 Å². The summed E-state index contributed by atoms with van der Waals surface area (Å²) in [6.07, 6.45) is 4.63. The van der Waals surface area contributed by atoms with Crippen LogP contribution in [0.3, 0.4) is 0 Å². The Kier molecular flexibility index (Phi) is 5.11. The Morgan fingerprint density at radius 1 is 1.12 bits per heavy atom. The first-order valence-electron chi connectivity index (χ1n) is 10.9. The maximum absolute atomic E-state index is 11.8. The first kappa shape index (κ1) is 20.2. The summed E-state index contributed by atoms with van der Waals surface area (Å²) in [5, 5.41) is 7.09. The van der Waals surface area contributed by atoms with Gasteiger partial charge in [0, 0.05) is 28.9 Å². The van der Waals surface area contributed by atoms with Crippen molar-refractivity contribution in [1.29, 1.82) is 0 Å². The molecule has 7 nitrogen and oxygen atoms in total. The summed E-state index contributed by atoms with van der Waals surface area (Å²) in [6, 6.07) is 20.2. The SMILES string of the molecule is CCOC(=O)Nc1cc2nc(-c3ccc(C4(N)CCC4)cc3)c(-c3ccccc3)cn2n1. The molecule has 2 aromatic heterocycles. The van der Waals surface area contributed by atoms with Crippen molar-refractivity contribution >= 4 is 17.6 Å². The normalized spacial score (nSPS) is 14.7. The number of hydrogen-bond donors (Lipinski definition) is 2. The Bertz CT molecular complexity index is 1260. The van der Waals surface area contributed by atoms with Gasteiger partial charge in [-0.25, -0.2) is 14.3 Å². The van der Waals surface area contributed by atoms with Crippen LogP contribution in [0.25, 0.3) is 28.0 Å². The molecule has 1 aliphatic rings. The Morgan fingerprint density at radius 3 is 2.53 bits per heavy atom. The quantitative estimate of drug-likeness (QED) is 0.469. The number of nitrogens with zero attached hydrogens (tertiary/aromatic N) is 3. The minimum atomic E-state index is -0.540. The van der Waals surface area contributed by atoms with Gasteiger partial charge in [0.05, 0.1) is 12.3 Å². The molecule has 0 aliphatic heterocycles. The molecule has 0 radical (unpaired) electrons. The standard InChI is InChI=1S/C25H25N5O2/c1-2-32-24(31)27-21-15-22-28-23(18-9-11-19(12-10-18)25(26)13-6-14-25)20(16-30(22)29-21)17-7-4-3-5-8-17/h3-5,7-12,15-16H,2,6,13-14,26H2,1H3,(H,27,29,31). The van der Waals surface area contributed by atoms with Crippen LogP contribution in [0.4, 0.5) is 10.6 Å². The van der Waals surface area contributed by atoms with Gasteiger partial charge in [-0.1, -0.05) is 54.6 Å². The van der Waals surface area contributed by atoms with Crippen LogP contribution in [0.2, 0.25) is 0 Å². The maximum atomic E-state index is 11.8. The van der Waals surface area contributed by atoms with Gasteiger partial charge in [0.25, 0.3) is 0 Å². The molecule has 1 aliphatic carbocycles. The maximum Gasteiger partial charge on any atom is 0.412 e. The monoisotopic (exact) mass is 427 g/mol. The van der Waals surface area contributed by atoms with E-state index in [4.69, 9.17) is 15.5 Å². The largest absolute Gasteiger partial charge is 0.450 e. The summed E-state index contributed by atoms with van der Waals surface area (Å²) in [7, 11) is 0. The van der Waals surface area contributed by atoms with Crippen molar-refractivity contribution in [1.82, 2.24) is 14.6 Å². The molecule has 0 bridgehead atoms. The van der Waals surface area contributed by atoms with E-state index in [9.17, 15) is 4.79 Å². The average Bonchev–Trinajstić information content (AvgIpc) is 3.18. The molecular weight excluding hydrogens is 402 g/mol. The fourth-order valence-corrected chi connectivity index (χ4v) is 4.11. The van der Waals surface area contributed by atoms with Gasteiger partial charge in [0.2, 0.25) is 0 Å². The molecule has 7 heteroatoms. The second-order valence-corrected chi connectivity index (χ2v) is 8.13. The van der Waals surface area contributed by atoms with E-state index < -0.39 is 6.09 Å². The molecule has 32 heavy (non-hydrogen) atoms. The lowest BCUT2D eigenvalue weighted by atomic mass is 9.72. The number of carbonyl (C=O) groups is 1. The van der Waals surface area contributed by atoms with E-state index >= 15 is 0 Å². The minimum Gasteiger partial charge on any atom is -0.450 e. The zero-order chi connectivity index (χ0) is 22.1. The highest BCUT2D eigenvalue weighted by Gasteiger charge is 2.34. The summed E-state index contributed by atoms with van der Waals surface area (Å²) in [6.45, 7) is 2.05. The van der Waals surface area contributed by atoms with Gasteiger partial charge in [-0.15, -0.1) is 5.10 Å². The van der Waals surface area contributed by atoms with Crippen LogP contribution in [0.1, 0.15) is 31.7 Å². The summed E-state index contributed by atoms with van der Waals surface area (Å²) in [4.78, 5) is 16.7. The van der Waals surface area contributed by atoms with E-state index in [0.29, 0.717) is 18.1 Å². The van der Waals surface area contributed by atoms with Crippen molar-refractivity contribution in [3.63, 3.8) is 0 Å². The molecule has 0 atom stereocenters. The molecule has 1 fully saturated rings. The fraction of sp³-hybridized carbons (Fsp3) is 0.240. The van der Waals surface area contributed by atoms with Crippen LogP contribution in [0.5, 0.6) is 0 Å². The predicted octanol–water partition coefficient (Wildman–Crippen LogP) is 4.97. The third-order valence-corrected chi connectivity index (χ3v) is 6.02. The van der Waals surface area contributed by atoms with Crippen LogP contribution >= 0.6 is 0 Å². The second-order valence-electron chi connectivity index (χ2n) is 8.13. The van der Waals surface area contributed by atoms with Gasteiger partial charge >= 0.3 is 6.09 Å². The summed E-state index contributed by atoms with van der Waals surface area (Å²) in [5.74, 6) is 0.387. The van der Waals surface area contributed by atoms with Crippen LogP contribution in [-0.4, -0.2) is 27.3 Å². The van der Waals surface area contributed by atoms with E-state index in [-0.39, 0.29) is 5.54 Å². The lowest BCUT2D eigenvalue weighted by Gasteiger charge is -2.38. The molecule has 0 spiro atoms. The molecule has 1 amide bonds. The Hall–Kier alpha value is -3.71. The first-order chi connectivity index (χ1) is 15.6. The van der Waals surface area contributed by atoms with Crippen molar-refractivity contribution < 1.29 is 9.53 Å². The van der Waals surface area contributed by atoms with Gasteiger partial charge in [-0.05, 0) is 37.3 Å². The van der Waals surface area contributed by atoms with Crippen LogP contribution in [-0.2, 0) is 10.3 Å². The number of fused-ring (bicyclic) bond motifs is 1. The zero-order valence-corrected chi connectivity index (χ0v) is 17.9. The van der Waals surface area contributed by atoms with Crippen LogP contribution in [0, 0.1) is 0 Å². The van der Waals surface area contributed by atoms with Gasteiger partial charge in [-0.2, -0.15) is 0 Å². The number of benzene rings is 2. The third kappa shape index (κ3) is 3.71. The van der Waals surface area contributed by atoms with Gasteiger partial charge in [0.1, 0.15) is 0 Å². The fourth-order valence-electron chi connectivity index (χ4n) is 4.11. The molecule has 2 heterocycles. The minimum absolute atomic E-state index is 0.197. The Balaban J connectivity index is 1.58. The van der Waals surface area contributed by atoms with E-state index in [1.165, 1.54) is 12.0 Å². The number of hydrogen-bond acceptors (Lipinski definition) is 5. The number of carbonyl (C=O) groups excluding carboxylic acids is 1. The van der Waals surface area contributed by atoms with Crippen molar-refractivity contribution in [2.24, 2.45) is 5.73 Å². The summed E-state index contributed by atoms with van der Waals surface area (Å²) < 4.78 is 6.62. The number of aromatic nitrogens is 3. The van der Waals surface area contributed by atoms with Crippen LogP contribution in [0.15, 0.2) is 66.9 Å². The van der Waals surface area contributed by atoms with Crippen molar-refractivity contribution in [3.8, 4) is 22.4 Å². The lowest BCUT2D eigenvalue weighted by molar-refractivity contribution is 0.168. The lowest BCUT2D eigenvalue weighted by Crippen LogP contribution is -2.43. The third-order valence-electron chi connectivity index (χ3n) is 6.02. The van der Waals surface area contributed by atoms with Crippen molar-refractivity contribution in [3.05, 3.63) is 72.4 Å². The predicted molar refractivity (Wildman–Crippen MR) is 124 cm³/mol. The number of rotatable bonds is 5. The van der Waals surface area contributed by atoms with Crippen molar-refractivity contribution in [2.75, 3.05) is 11.9 Å².